The first-order valence-electron chi connectivity index (χ1n) is 8.08. The molecule has 2 unspecified atom stereocenters. The molecule has 0 saturated carbocycles. The van der Waals surface area contributed by atoms with Crippen LogP contribution in [0.4, 0.5) is 0 Å². The smallest absolute Gasteiger partial charge is 0.209 e. The van der Waals surface area contributed by atoms with Crippen molar-refractivity contribution in [2.75, 3.05) is 0 Å². The van der Waals surface area contributed by atoms with Crippen LogP contribution in [0, 0.1) is 13.8 Å². The van der Waals surface area contributed by atoms with E-state index >= 15 is 0 Å². The minimum absolute atomic E-state index is 0. The summed E-state index contributed by atoms with van der Waals surface area (Å²) in [6.45, 7) is 2.79. The minimum atomic E-state index is -4.14. The van der Waals surface area contributed by atoms with Crippen LogP contribution in [0.1, 0.15) is 31.8 Å². The largest absolute Gasteiger partial charge is 0.546 e. The summed E-state index contributed by atoms with van der Waals surface area (Å²) in [6.07, 6.45) is 0. The molecule has 30 heavy (non-hydrogen) atoms. The van der Waals surface area contributed by atoms with E-state index in [1.54, 1.807) is 0 Å². The van der Waals surface area contributed by atoms with Crippen molar-refractivity contribution in [1.29, 1.82) is 0 Å². The SMILES string of the molecule is Cc1ccccc1C(=O)C(O)(C(=O)[O-])C(O)(C(=O)[O-])C(=O)c1ccccc1C.[NH4+].[NH4+]. The van der Waals surface area contributed by atoms with Crippen LogP contribution in [0.15, 0.2) is 48.5 Å². The lowest BCUT2D eigenvalue weighted by molar-refractivity contribution is -0.346. The fourth-order valence-electron chi connectivity index (χ4n) is 2.85. The van der Waals surface area contributed by atoms with Gasteiger partial charge in [-0.25, -0.2) is 0 Å². The lowest BCUT2D eigenvalue weighted by Gasteiger charge is -2.42. The van der Waals surface area contributed by atoms with Gasteiger partial charge in [0.25, 0.3) is 0 Å². The number of hydrogen-bond donors (Lipinski definition) is 4. The molecule has 2 aromatic rings. The average Bonchev–Trinajstić information content (AvgIpc) is 2.65. The molecular weight excluding hydrogens is 396 g/mol. The molecule has 0 heterocycles. The highest BCUT2D eigenvalue weighted by Crippen LogP contribution is 2.32. The Morgan fingerprint density at radius 2 is 0.933 bits per heavy atom. The van der Waals surface area contributed by atoms with E-state index in [-0.39, 0.29) is 23.4 Å². The van der Waals surface area contributed by atoms with Crippen LogP contribution in [-0.4, -0.2) is 44.9 Å². The number of carbonyl (C=O) groups excluding carboxylic acids is 4. The summed E-state index contributed by atoms with van der Waals surface area (Å²) in [5.41, 5.74) is -8.75. The Bertz CT molecular complexity index is 911. The van der Waals surface area contributed by atoms with Gasteiger partial charge in [-0.2, -0.15) is 0 Å². The maximum Gasteiger partial charge on any atom is 0.209 e. The van der Waals surface area contributed by atoms with Gasteiger partial charge in [-0.3, -0.25) is 9.59 Å². The number of rotatable bonds is 7. The summed E-state index contributed by atoms with van der Waals surface area (Å²) in [7, 11) is 0. The standard InChI is InChI=1S/C20H18O8.2H3N/c1-11-7-3-5-9-13(11)15(21)19(27,17(23)24)20(28,18(25)26)16(22)14-10-6-4-8-12(14)2;;/h3-10,27-28H,1-2H3,(H,23,24)(H,25,26);2*1H3. The Morgan fingerprint density at radius 1 is 0.667 bits per heavy atom. The molecule has 10 nitrogen and oxygen atoms in total. The lowest BCUT2D eigenvalue weighted by Crippen LogP contribution is -2.76. The Hall–Kier alpha value is -3.44. The zero-order valence-corrected chi connectivity index (χ0v) is 17.0. The molecular formula is C20H24N2O8. The van der Waals surface area contributed by atoms with Crippen molar-refractivity contribution in [1.82, 2.24) is 12.3 Å². The molecule has 0 radical (unpaired) electrons. The summed E-state index contributed by atoms with van der Waals surface area (Å²) in [5, 5.41) is 44.8. The average molecular weight is 420 g/mol. The molecule has 0 spiro atoms. The van der Waals surface area contributed by atoms with Crippen LogP contribution in [0.3, 0.4) is 0 Å². The molecule has 0 aliphatic rings. The van der Waals surface area contributed by atoms with Gasteiger partial charge in [0.15, 0.2) is 0 Å². The van der Waals surface area contributed by atoms with Gasteiger partial charge in [0.05, 0.1) is 11.9 Å². The Kier molecular flexibility index (Phi) is 8.30. The highest BCUT2D eigenvalue weighted by molar-refractivity contribution is 6.28. The van der Waals surface area contributed by atoms with Crippen LogP contribution in [0.25, 0.3) is 0 Å². The first-order chi connectivity index (χ1) is 13.0. The number of carboxylic acids is 2. The summed E-state index contributed by atoms with van der Waals surface area (Å²) >= 11 is 0. The predicted molar refractivity (Wildman–Crippen MR) is 103 cm³/mol. The van der Waals surface area contributed by atoms with E-state index in [1.165, 1.54) is 50.2 Å². The van der Waals surface area contributed by atoms with Crippen molar-refractivity contribution in [2.24, 2.45) is 0 Å². The van der Waals surface area contributed by atoms with Crippen LogP contribution in [-0.2, 0) is 9.59 Å². The number of aryl methyl sites for hydroxylation is 2. The van der Waals surface area contributed by atoms with Gasteiger partial charge in [-0.05, 0) is 25.0 Å². The number of carboxylic acid groups (broad SMARTS) is 2. The maximum atomic E-state index is 12.8. The molecule has 0 aliphatic carbocycles. The molecule has 10 heteroatoms. The molecule has 2 aromatic carbocycles. The third-order valence-electron chi connectivity index (χ3n) is 4.55. The second-order valence-corrected chi connectivity index (χ2v) is 6.28. The van der Waals surface area contributed by atoms with Gasteiger partial charge in [0.2, 0.25) is 22.8 Å². The predicted octanol–water partition coefficient (Wildman–Crippen LogP) is -0.917. The van der Waals surface area contributed by atoms with E-state index in [4.69, 9.17) is 0 Å². The van der Waals surface area contributed by atoms with E-state index in [1.807, 2.05) is 0 Å². The summed E-state index contributed by atoms with van der Waals surface area (Å²) < 4.78 is 0. The van der Waals surface area contributed by atoms with E-state index in [2.05, 4.69) is 0 Å². The van der Waals surface area contributed by atoms with Crippen molar-refractivity contribution >= 4 is 23.5 Å². The van der Waals surface area contributed by atoms with Crippen molar-refractivity contribution in [3.05, 3.63) is 70.8 Å². The normalized spacial score (nSPS) is 14.1. The van der Waals surface area contributed by atoms with Crippen LogP contribution >= 0.6 is 0 Å². The van der Waals surface area contributed by atoms with Gasteiger partial charge in [0.1, 0.15) is 0 Å². The first-order valence-corrected chi connectivity index (χ1v) is 8.08. The first kappa shape index (κ1) is 26.6. The second-order valence-electron chi connectivity index (χ2n) is 6.28. The summed E-state index contributed by atoms with van der Waals surface area (Å²) in [6, 6.07) is 10.7. The summed E-state index contributed by atoms with van der Waals surface area (Å²) in [4.78, 5) is 49.1. The van der Waals surface area contributed by atoms with Crippen molar-refractivity contribution in [3.8, 4) is 0 Å². The van der Waals surface area contributed by atoms with Gasteiger partial charge < -0.3 is 42.3 Å². The quantitative estimate of drug-likeness (QED) is 0.322. The molecule has 162 valence electrons. The molecule has 10 N–H and O–H groups in total. The molecule has 0 aromatic heterocycles. The fourth-order valence-corrected chi connectivity index (χ4v) is 2.85. The molecule has 0 aliphatic heterocycles. The van der Waals surface area contributed by atoms with Crippen molar-refractivity contribution < 1.29 is 39.6 Å². The number of carbonyl (C=O) groups is 4. The van der Waals surface area contributed by atoms with E-state index < -0.39 is 45.8 Å². The van der Waals surface area contributed by atoms with E-state index in [9.17, 15) is 39.6 Å². The number of Topliss-reactive ketones (excluding diaryl/α,β-unsaturated/α-hetero) is 2. The monoisotopic (exact) mass is 420 g/mol. The number of benzene rings is 2. The highest BCUT2D eigenvalue weighted by Gasteiger charge is 2.62. The van der Waals surface area contributed by atoms with E-state index in [0.717, 1.165) is 12.1 Å². The number of quaternary nitrogens is 2. The zero-order valence-electron chi connectivity index (χ0n) is 17.0. The van der Waals surface area contributed by atoms with Gasteiger partial charge >= 0.3 is 0 Å². The van der Waals surface area contributed by atoms with Gasteiger partial charge in [-0.1, -0.05) is 48.5 Å². The van der Waals surface area contributed by atoms with Crippen LogP contribution in [0.5, 0.6) is 0 Å². The maximum absolute atomic E-state index is 12.8. The topological polar surface area (TPSA) is 228 Å². The van der Waals surface area contributed by atoms with Crippen LogP contribution in [0.2, 0.25) is 0 Å². The molecule has 0 bridgehead atoms. The number of aliphatic hydroxyl groups is 2. The Balaban J connectivity index is 0.00000420. The summed E-state index contributed by atoms with van der Waals surface area (Å²) in [5.74, 6) is -8.76. The lowest BCUT2D eigenvalue weighted by atomic mass is 9.72. The Morgan fingerprint density at radius 3 is 1.17 bits per heavy atom. The number of aliphatic carboxylic acids is 2. The number of ketones is 2. The molecule has 0 fully saturated rings. The molecule has 0 amide bonds. The third kappa shape index (κ3) is 3.84. The second kappa shape index (κ2) is 9.37. The van der Waals surface area contributed by atoms with Gasteiger partial charge in [0, 0.05) is 11.1 Å². The Labute approximate surface area is 172 Å². The zero-order chi connectivity index (χ0) is 21.3. The highest BCUT2D eigenvalue weighted by atomic mass is 16.5. The van der Waals surface area contributed by atoms with Crippen molar-refractivity contribution in [2.45, 2.75) is 25.0 Å². The van der Waals surface area contributed by atoms with Crippen molar-refractivity contribution in [3.63, 3.8) is 0 Å². The van der Waals surface area contributed by atoms with Crippen LogP contribution < -0.4 is 22.5 Å². The molecule has 0 saturated heterocycles. The molecule has 2 atom stereocenters. The molecule has 2 rings (SSSR count). The number of hydrogen-bond acceptors (Lipinski definition) is 8. The van der Waals surface area contributed by atoms with E-state index in [0.29, 0.717) is 0 Å². The third-order valence-corrected chi connectivity index (χ3v) is 4.55. The van der Waals surface area contributed by atoms with Gasteiger partial charge in [-0.15, -0.1) is 0 Å². The minimum Gasteiger partial charge on any atom is -0.546 e. The fraction of sp³-hybridized carbons (Fsp3) is 0.200.